The van der Waals surface area contributed by atoms with Crippen molar-refractivity contribution >= 4 is 17.5 Å². The lowest BCUT2D eigenvalue weighted by Crippen LogP contribution is -2.59. The number of carbonyl (C=O) groups excluding carboxylic acids is 1. The Bertz CT molecular complexity index is 530. The third kappa shape index (κ3) is 3.39. The van der Waals surface area contributed by atoms with E-state index < -0.39 is 30.5 Å². The highest BCUT2D eigenvalue weighted by molar-refractivity contribution is 6.31. The van der Waals surface area contributed by atoms with Crippen molar-refractivity contribution in [2.45, 2.75) is 24.6 Å². The summed E-state index contributed by atoms with van der Waals surface area (Å²) in [7, 11) is 0. The predicted octanol–water partition coefficient (Wildman–Crippen LogP) is 3.79. The van der Waals surface area contributed by atoms with Gasteiger partial charge in [0.05, 0.1) is 0 Å². The van der Waals surface area contributed by atoms with Crippen molar-refractivity contribution in [2.75, 3.05) is 0 Å². The van der Waals surface area contributed by atoms with E-state index in [-0.39, 0.29) is 10.6 Å². The summed E-state index contributed by atoms with van der Waals surface area (Å²) in [6.45, 7) is -0.720. The molecule has 0 aliphatic carbocycles. The molecule has 2 nitrogen and oxygen atoms in total. The lowest BCUT2D eigenvalue weighted by molar-refractivity contribution is -0.344. The third-order valence-corrected chi connectivity index (χ3v) is 2.80. The number of hydrogen-bond acceptors (Lipinski definition) is 1. The minimum atomic E-state index is -6.56. The van der Waals surface area contributed by atoms with Crippen molar-refractivity contribution in [3.63, 3.8) is 0 Å². The number of benzene rings is 1. The van der Waals surface area contributed by atoms with Gasteiger partial charge < -0.3 is 5.32 Å². The molecule has 0 bridgehead atoms. The lowest BCUT2D eigenvalue weighted by atomic mass is 10.1. The first kappa shape index (κ1) is 17.5. The normalized spacial score (nSPS) is 13.1. The fraction of sp³-hybridized carbons (Fsp3) is 0.364. The van der Waals surface area contributed by atoms with Gasteiger partial charge in [0.15, 0.2) is 0 Å². The monoisotopic (exact) mass is 337 g/mol. The molecule has 0 fully saturated rings. The molecule has 0 aliphatic rings. The minimum absolute atomic E-state index is 0.0312. The summed E-state index contributed by atoms with van der Waals surface area (Å²) < 4.78 is 86.8. The molecule has 1 aromatic carbocycles. The van der Waals surface area contributed by atoms with Crippen LogP contribution in [0.1, 0.15) is 5.56 Å². The van der Waals surface area contributed by atoms with E-state index in [1.807, 2.05) is 0 Å². The van der Waals surface area contributed by atoms with E-state index >= 15 is 0 Å². The van der Waals surface area contributed by atoms with Crippen molar-refractivity contribution in [3.8, 4) is 0 Å². The number of alkyl halides is 7. The first-order chi connectivity index (χ1) is 9.41. The van der Waals surface area contributed by atoms with Gasteiger partial charge in [-0.05, 0) is 11.6 Å². The van der Waals surface area contributed by atoms with Crippen LogP contribution in [0.3, 0.4) is 0 Å². The SMILES string of the molecule is O=C(NCc1ccccc1Cl)C(F)(F)C(F)(F)C(F)(F)F. The zero-order valence-electron chi connectivity index (χ0n) is 9.95. The molecule has 0 spiro atoms. The Morgan fingerprint density at radius 2 is 1.57 bits per heavy atom. The van der Waals surface area contributed by atoms with Crippen LogP contribution in [-0.4, -0.2) is 23.9 Å². The Morgan fingerprint density at radius 1 is 1.05 bits per heavy atom. The Hall–Kier alpha value is -1.51. The molecular formula is C11H7ClF7NO. The molecule has 1 rings (SSSR count). The molecule has 0 saturated carbocycles. The Labute approximate surface area is 118 Å². The van der Waals surface area contributed by atoms with Crippen LogP contribution < -0.4 is 5.32 Å². The molecular weight excluding hydrogens is 331 g/mol. The van der Waals surface area contributed by atoms with Crippen molar-refractivity contribution in [2.24, 2.45) is 0 Å². The van der Waals surface area contributed by atoms with E-state index in [0.717, 1.165) is 0 Å². The lowest BCUT2D eigenvalue weighted by Gasteiger charge is -2.27. The van der Waals surface area contributed by atoms with E-state index in [2.05, 4.69) is 0 Å². The molecule has 0 unspecified atom stereocenters. The van der Waals surface area contributed by atoms with Crippen LogP contribution in [0, 0.1) is 0 Å². The van der Waals surface area contributed by atoms with Crippen molar-refractivity contribution in [1.29, 1.82) is 0 Å². The highest BCUT2D eigenvalue weighted by atomic mass is 35.5. The van der Waals surface area contributed by atoms with Gasteiger partial charge in [-0.25, -0.2) is 0 Å². The topological polar surface area (TPSA) is 29.1 Å². The van der Waals surface area contributed by atoms with E-state index in [0.29, 0.717) is 0 Å². The summed E-state index contributed by atoms with van der Waals surface area (Å²) in [6, 6.07) is 5.49. The van der Waals surface area contributed by atoms with Gasteiger partial charge >= 0.3 is 18.0 Å². The summed E-state index contributed by atoms with van der Waals surface area (Å²) >= 11 is 5.62. The first-order valence-electron chi connectivity index (χ1n) is 5.25. The molecule has 118 valence electrons. The minimum Gasteiger partial charge on any atom is -0.347 e. The fourth-order valence-corrected chi connectivity index (χ4v) is 1.45. The van der Waals surface area contributed by atoms with Gasteiger partial charge in [0.25, 0.3) is 5.91 Å². The van der Waals surface area contributed by atoms with E-state index in [1.165, 1.54) is 29.6 Å². The summed E-state index contributed by atoms with van der Waals surface area (Å²) in [6.07, 6.45) is -6.56. The maximum Gasteiger partial charge on any atom is 0.460 e. The molecule has 10 heteroatoms. The summed E-state index contributed by atoms with van der Waals surface area (Å²) in [5.41, 5.74) is 0.0821. The van der Waals surface area contributed by atoms with Crippen molar-refractivity contribution < 1.29 is 35.5 Å². The smallest absolute Gasteiger partial charge is 0.347 e. The molecule has 21 heavy (non-hydrogen) atoms. The summed E-state index contributed by atoms with van der Waals surface area (Å²) in [4.78, 5) is 11.0. The van der Waals surface area contributed by atoms with Crippen molar-refractivity contribution in [1.82, 2.24) is 5.32 Å². The second-order valence-corrected chi connectivity index (χ2v) is 4.33. The molecule has 0 aromatic heterocycles. The Morgan fingerprint density at radius 3 is 2.05 bits per heavy atom. The zero-order chi connectivity index (χ0) is 16.5. The number of hydrogen-bond donors (Lipinski definition) is 1. The number of nitrogens with one attached hydrogen (secondary N) is 1. The van der Waals surface area contributed by atoms with E-state index in [4.69, 9.17) is 11.6 Å². The average Bonchev–Trinajstić information content (AvgIpc) is 2.35. The second-order valence-electron chi connectivity index (χ2n) is 3.92. The second kappa shape index (κ2) is 5.70. The van der Waals surface area contributed by atoms with Crippen LogP contribution in [0.25, 0.3) is 0 Å². The molecule has 0 heterocycles. The number of amides is 1. The largest absolute Gasteiger partial charge is 0.460 e. The molecule has 1 N–H and O–H groups in total. The summed E-state index contributed by atoms with van der Waals surface area (Å²) in [5, 5.41) is 1.34. The van der Waals surface area contributed by atoms with Crippen LogP contribution in [0.4, 0.5) is 30.7 Å². The number of carbonyl (C=O) groups is 1. The van der Waals surface area contributed by atoms with Crippen LogP contribution in [0.2, 0.25) is 5.02 Å². The Kier molecular flexibility index (Phi) is 4.76. The maximum atomic E-state index is 13.0. The maximum absolute atomic E-state index is 13.0. The predicted molar refractivity (Wildman–Crippen MR) is 59.2 cm³/mol. The average molecular weight is 338 g/mol. The third-order valence-electron chi connectivity index (χ3n) is 2.43. The highest BCUT2D eigenvalue weighted by Gasteiger charge is 2.76. The van der Waals surface area contributed by atoms with Gasteiger partial charge in [-0.3, -0.25) is 4.79 Å². The summed E-state index contributed by atoms with van der Waals surface area (Å²) in [5.74, 6) is -15.2. The van der Waals surface area contributed by atoms with Gasteiger partial charge in [-0.1, -0.05) is 29.8 Å². The van der Waals surface area contributed by atoms with Gasteiger partial charge in [0.2, 0.25) is 0 Å². The fourth-order valence-electron chi connectivity index (χ4n) is 1.25. The van der Waals surface area contributed by atoms with Gasteiger partial charge in [-0.2, -0.15) is 30.7 Å². The first-order valence-corrected chi connectivity index (χ1v) is 5.63. The van der Waals surface area contributed by atoms with Crippen LogP contribution in [0.15, 0.2) is 24.3 Å². The quantitative estimate of drug-likeness (QED) is 0.832. The Balaban J connectivity index is 2.86. The van der Waals surface area contributed by atoms with Crippen LogP contribution in [0.5, 0.6) is 0 Å². The molecule has 0 atom stereocenters. The van der Waals surface area contributed by atoms with Gasteiger partial charge in [-0.15, -0.1) is 0 Å². The molecule has 1 aromatic rings. The van der Waals surface area contributed by atoms with Crippen molar-refractivity contribution in [3.05, 3.63) is 34.9 Å². The number of rotatable bonds is 4. The van der Waals surface area contributed by atoms with Gasteiger partial charge in [0.1, 0.15) is 0 Å². The van der Waals surface area contributed by atoms with Gasteiger partial charge in [0, 0.05) is 11.6 Å². The van der Waals surface area contributed by atoms with Crippen LogP contribution >= 0.6 is 11.6 Å². The number of halogens is 8. The molecule has 0 radical (unpaired) electrons. The molecule has 1 amide bonds. The highest BCUT2D eigenvalue weighted by Crippen LogP contribution is 2.46. The molecule has 0 aliphatic heterocycles. The zero-order valence-corrected chi connectivity index (χ0v) is 10.7. The van der Waals surface area contributed by atoms with Crippen LogP contribution in [-0.2, 0) is 11.3 Å². The molecule has 0 saturated heterocycles. The van der Waals surface area contributed by atoms with E-state index in [9.17, 15) is 35.5 Å². The van der Waals surface area contributed by atoms with E-state index in [1.54, 1.807) is 0 Å². The standard InChI is InChI=1S/C11H7ClF7NO/c12-7-4-2-1-3-6(7)5-20-8(21)9(13,14)10(15,16)11(17,18)19/h1-4H,5H2,(H,20,21).